The van der Waals surface area contributed by atoms with Crippen molar-refractivity contribution in [2.75, 3.05) is 6.54 Å². The molecule has 0 atom stereocenters. The van der Waals surface area contributed by atoms with Crippen molar-refractivity contribution in [3.63, 3.8) is 0 Å². The average molecular weight is 255 g/mol. The molecule has 1 aliphatic rings. The van der Waals surface area contributed by atoms with Crippen LogP contribution in [0, 0.1) is 5.92 Å². The summed E-state index contributed by atoms with van der Waals surface area (Å²) in [7, 11) is 0. The van der Waals surface area contributed by atoms with E-state index in [1.807, 2.05) is 0 Å². The molecule has 0 bridgehead atoms. The van der Waals surface area contributed by atoms with Gasteiger partial charge in [-0.05, 0) is 25.2 Å². The molecule has 0 unspecified atom stereocenters. The standard InChI is InChI=1S/C14H25NO3/c16-13(10-9-12-6-5-7-12)15-11-4-2-1-3-8-14(17)18/h12H,1-11H2,(H,15,16)(H,17,18). The summed E-state index contributed by atoms with van der Waals surface area (Å²) in [6.07, 6.45) is 9.54. The predicted octanol–water partition coefficient (Wildman–Crippen LogP) is 2.72. The minimum atomic E-state index is -0.723. The third-order valence-corrected chi connectivity index (χ3v) is 3.64. The third-order valence-electron chi connectivity index (χ3n) is 3.64. The van der Waals surface area contributed by atoms with Gasteiger partial charge in [0, 0.05) is 19.4 Å². The van der Waals surface area contributed by atoms with E-state index < -0.39 is 5.97 Å². The lowest BCUT2D eigenvalue weighted by Gasteiger charge is -2.24. The lowest BCUT2D eigenvalue weighted by Crippen LogP contribution is -2.25. The van der Waals surface area contributed by atoms with Crippen LogP contribution in [0.5, 0.6) is 0 Å². The van der Waals surface area contributed by atoms with Gasteiger partial charge in [-0.2, -0.15) is 0 Å². The molecule has 1 aliphatic carbocycles. The predicted molar refractivity (Wildman–Crippen MR) is 70.3 cm³/mol. The summed E-state index contributed by atoms with van der Waals surface area (Å²) in [5.74, 6) is 0.249. The van der Waals surface area contributed by atoms with E-state index in [9.17, 15) is 9.59 Å². The first-order valence-corrected chi connectivity index (χ1v) is 7.17. The number of carboxylic acid groups (broad SMARTS) is 1. The monoisotopic (exact) mass is 255 g/mol. The van der Waals surface area contributed by atoms with Gasteiger partial charge < -0.3 is 10.4 Å². The molecular weight excluding hydrogens is 230 g/mol. The quantitative estimate of drug-likeness (QED) is 0.590. The second-order valence-electron chi connectivity index (χ2n) is 5.24. The van der Waals surface area contributed by atoms with Gasteiger partial charge in [-0.1, -0.05) is 32.1 Å². The van der Waals surface area contributed by atoms with Crippen molar-refractivity contribution < 1.29 is 14.7 Å². The number of aliphatic carboxylic acids is 1. The molecule has 4 nitrogen and oxygen atoms in total. The maximum absolute atomic E-state index is 11.5. The van der Waals surface area contributed by atoms with Crippen molar-refractivity contribution in [2.24, 2.45) is 5.92 Å². The molecule has 1 saturated carbocycles. The van der Waals surface area contributed by atoms with Gasteiger partial charge in [-0.15, -0.1) is 0 Å². The van der Waals surface area contributed by atoms with E-state index >= 15 is 0 Å². The van der Waals surface area contributed by atoms with E-state index in [1.54, 1.807) is 0 Å². The first kappa shape index (κ1) is 15.0. The Hall–Kier alpha value is -1.06. The first-order valence-electron chi connectivity index (χ1n) is 7.17. The number of amides is 1. The minimum absolute atomic E-state index is 0.174. The number of carbonyl (C=O) groups excluding carboxylic acids is 1. The summed E-state index contributed by atoms with van der Waals surface area (Å²) in [6, 6.07) is 0. The molecule has 0 saturated heterocycles. The van der Waals surface area contributed by atoms with Crippen LogP contribution in [0.3, 0.4) is 0 Å². The van der Waals surface area contributed by atoms with Crippen molar-refractivity contribution >= 4 is 11.9 Å². The van der Waals surface area contributed by atoms with E-state index in [-0.39, 0.29) is 12.3 Å². The van der Waals surface area contributed by atoms with Gasteiger partial charge in [-0.25, -0.2) is 0 Å². The van der Waals surface area contributed by atoms with Crippen LogP contribution in [0.25, 0.3) is 0 Å². The fraction of sp³-hybridized carbons (Fsp3) is 0.857. The van der Waals surface area contributed by atoms with Gasteiger partial charge in [0.05, 0.1) is 0 Å². The Labute approximate surface area is 109 Å². The number of hydrogen-bond donors (Lipinski definition) is 2. The molecule has 0 aromatic heterocycles. The number of carboxylic acids is 1. The highest BCUT2D eigenvalue weighted by atomic mass is 16.4. The zero-order valence-corrected chi connectivity index (χ0v) is 11.1. The maximum atomic E-state index is 11.5. The van der Waals surface area contributed by atoms with Crippen LogP contribution in [0.2, 0.25) is 0 Å². The van der Waals surface area contributed by atoms with Crippen LogP contribution >= 0.6 is 0 Å². The van der Waals surface area contributed by atoms with Crippen LogP contribution in [0.15, 0.2) is 0 Å². The summed E-state index contributed by atoms with van der Waals surface area (Å²) in [5.41, 5.74) is 0. The van der Waals surface area contributed by atoms with E-state index in [0.29, 0.717) is 6.42 Å². The maximum Gasteiger partial charge on any atom is 0.303 e. The zero-order chi connectivity index (χ0) is 13.2. The van der Waals surface area contributed by atoms with Gasteiger partial charge in [0.2, 0.25) is 5.91 Å². The second kappa shape index (κ2) is 8.95. The molecule has 4 heteroatoms. The summed E-state index contributed by atoms with van der Waals surface area (Å²) >= 11 is 0. The Morgan fingerprint density at radius 3 is 2.39 bits per heavy atom. The summed E-state index contributed by atoms with van der Waals surface area (Å²) in [6.45, 7) is 0.733. The smallest absolute Gasteiger partial charge is 0.303 e. The SMILES string of the molecule is O=C(O)CCCCCCNC(=O)CCC1CCC1. The van der Waals surface area contributed by atoms with Crippen LogP contribution in [0.4, 0.5) is 0 Å². The van der Waals surface area contributed by atoms with Crippen LogP contribution in [-0.4, -0.2) is 23.5 Å². The summed E-state index contributed by atoms with van der Waals surface area (Å²) < 4.78 is 0. The molecule has 1 rings (SSSR count). The fourth-order valence-corrected chi connectivity index (χ4v) is 2.19. The van der Waals surface area contributed by atoms with E-state index in [2.05, 4.69) is 5.32 Å². The Balaban J connectivity index is 1.81. The highest BCUT2D eigenvalue weighted by Crippen LogP contribution is 2.30. The van der Waals surface area contributed by atoms with Gasteiger partial charge in [0.25, 0.3) is 0 Å². The molecular formula is C14H25NO3. The second-order valence-corrected chi connectivity index (χ2v) is 5.24. The van der Waals surface area contributed by atoms with Crippen LogP contribution in [0.1, 0.15) is 64.2 Å². The zero-order valence-electron chi connectivity index (χ0n) is 11.1. The summed E-state index contributed by atoms with van der Waals surface area (Å²) in [5, 5.41) is 11.4. The van der Waals surface area contributed by atoms with Crippen LogP contribution in [-0.2, 0) is 9.59 Å². The Morgan fingerprint density at radius 2 is 1.78 bits per heavy atom. The molecule has 1 amide bonds. The molecule has 0 aromatic rings. The molecule has 0 spiro atoms. The lowest BCUT2D eigenvalue weighted by molar-refractivity contribution is -0.137. The highest BCUT2D eigenvalue weighted by molar-refractivity contribution is 5.75. The average Bonchev–Trinajstić information content (AvgIpc) is 2.25. The van der Waals surface area contributed by atoms with Gasteiger partial charge in [-0.3, -0.25) is 9.59 Å². The summed E-state index contributed by atoms with van der Waals surface area (Å²) in [4.78, 5) is 21.8. The van der Waals surface area contributed by atoms with Gasteiger partial charge in [0.1, 0.15) is 0 Å². The number of nitrogens with one attached hydrogen (secondary N) is 1. The first-order chi connectivity index (χ1) is 8.68. The van der Waals surface area contributed by atoms with Crippen molar-refractivity contribution in [1.29, 1.82) is 0 Å². The lowest BCUT2D eigenvalue weighted by atomic mass is 9.82. The van der Waals surface area contributed by atoms with Gasteiger partial charge >= 0.3 is 5.97 Å². The minimum Gasteiger partial charge on any atom is -0.481 e. The fourth-order valence-electron chi connectivity index (χ4n) is 2.19. The van der Waals surface area contributed by atoms with Crippen molar-refractivity contribution in [3.05, 3.63) is 0 Å². The molecule has 0 aromatic carbocycles. The Bertz CT molecular complexity index is 262. The third kappa shape index (κ3) is 7.30. The number of carbonyl (C=O) groups is 2. The van der Waals surface area contributed by atoms with E-state index in [1.165, 1.54) is 19.3 Å². The Kier molecular flexibility index (Phi) is 7.46. The Morgan fingerprint density at radius 1 is 1.06 bits per heavy atom. The molecule has 0 aliphatic heterocycles. The number of rotatable bonds is 10. The molecule has 1 fully saturated rings. The van der Waals surface area contributed by atoms with Crippen molar-refractivity contribution in [1.82, 2.24) is 5.32 Å². The van der Waals surface area contributed by atoms with E-state index in [4.69, 9.17) is 5.11 Å². The number of hydrogen-bond acceptors (Lipinski definition) is 2. The molecule has 104 valence electrons. The van der Waals surface area contributed by atoms with Gasteiger partial charge in [0.15, 0.2) is 0 Å². The van der Waals surface area contributed by atoms with E-state index in [0.717, 1.165) is 44.6 Å². The number of unbranched alkanes of at least 4 members (excludes halogenated alkanes) is 3. The van der Waals surface area contributed by atoms with Crippen molar-refractivity contribution in [2.45, 2.75) is 64.2 Å². The molecule has 0 heterocycles. The molecule has 2 N–H and O–H groups in total. The van der Waals surface area contributed by atoms with Crippen molar-refractivity contribution in [3.8, 4) is 0 Å². The molecule has 18 heavy (non-hydrogen) atoms. The topological polar surface area (TPSA) is 66.4 Å². The largest absolute Gasteiger partial charge is 0.481 e. The molecule has 0 radical (unpaired) electrons. The highest BCUT2D eigenvalue weighted by Gasteiger charge is 2.17. The van der Waals surface area contributed by atoms with Crippen LogP contribution < -0.4 is 5.32 Å². The normalized spacial score (nSPS) is 15.1.